The summed E-state index contributed by atoms with van der Waals surface area (Å²) in [6.07, 6.45) is 0. The predicted molar refractivity (Wildman–Crippen MR) is 61.9 cm³/mol. The zero-order valence-corrected chi connectivity index (χ0v) is 10.7. The van der Waals surface area contributed by atoms with Crippen LogP contribution < -0.4 is 0 Å². The van der Waals surface area contributed by atoms with E-state index in [1.165, 1.54) is 6.92 Å². The van der Waals surface area contributed by atoms with Gasteiger partial charge in [0.1, 0.15) is 0 Å². The van der Waals surface area contributed by atoms with Crippen LogP contribution in [0.5, 0.6) is 0 Å². The summed E-state index contributed by atoms with van der Waals surface area (Å²) in [6.45, 7) is 1.50. The van der Waals surface area contributed by atoms with Crippen LogP contribution >= 0.6 is 50.1 Å². The summed E-state index contributed by atoms with van der Waals surface area (Å²) in [5.74, 6) is -0.0146. The van der Waals surface area contributed by atoms with E-state index in [0.29, 0.717) is 10.6 Å². The van der Waals surface area contributed by atoms with E-state index >= 15 is 0 Å². The van der Waals surface area contributed by atoms with Gasteiger partial charge in [0, 0.05) is 13.6 Å². The molecule has 4 heteroatoms. The summed E-state index contributed by atoms with van der Waals surface area (Å²) in [4.78, 5) is 11.1. The molecule has 0 spiro atoms. The summed E-state index contributed by atoms with van der Waals surface area (Å²) < 4.78 is 1.76. The first kappa shape index (κ1) is 10.5. The minimum atomic E-state index is -0.0146. The number of hydrogen-bond donors (Lipinski definition) is 0. The maximum absolute atomic E-state index is 11.1. The first-order valence-corrected chi connectivity index (χ1v) is 5.43. The second-order valence-electron chi connectivity index (χ2n) is 2.31. The van der Waals surface area contributed by atoms with Crippen molar-refractivity contribution in [1.82, 2.24) is 0 Å². The van der Waals surface area contributed by atoms with Gasteiger partial charge >= 0.3 is 0 Å². The maximum atomic E-state index is 11.1. The van der Waals surface area contributed by atoms with Crippen molar-refractivity contribution < 1.29 is 4.79 Å². The molecule has 0 heterocycles. The highest BCUT2D eigenvalue weighted by Gasteiger charge is 2.09. The molecule has 12 heavy (non-hydrogen) atoms. The fraction of sp³-hybridized carbons (Fsp3) is 0.125. The van der Waals surface area contributed by atoms with Crippen molar-refractivity contribution in [3.8, 4) is 0 Å². The Labute approximate surface area is 97.8 Å². The summed E-state index contributed by atoms with van der Waals surface area (Å²) >= 11 is 11.3. The van der Waals surface area contributed by atoms with Gasteiger partial charge in [-0.2, -0.15) is 0 Å². The lowest BCUT2D eigenvalue weighted by Gasteiger charge is -2.02. The molecule has 0 aliphatic heterocycles. The molecule has 0 fully saturated rings. The molecule has 0 atom stereocenters. The largest absolute Gasteiger partial charge is 0.294 e. The Balaban J connectivity index is 3.37. The quantitative estimate of drug-likeness (QED) is 0.422. The van der Waals surface area contributed by atoms with E-state index in [2.05, 4.69) is 38.5 Å². The van der Waals surface area contributed by atoms with E-state index in [1.807, 2.05) is 6.07 Å². The van der Waals surface area contributed by atoms with Gasteiger partial charge in [-0.1, -0.05) is 11.6 Å². The first-order valence-electron chi connectivity index (χ1n) is 3.18. The molecule has 0 aliphatic carbocycles. The van der Waals surface area contributed by atoms with Crippen molar-refractivity contribution in [2.24, 2.45) is 0 Å². The minimum absolute atomic E-state index is 0.0146. The van der Waals surface area contributed by atoms with Crippen molar-refractivity contribution in [3.63, 3.8) is 0 Å². The number of carbonyl (C=O) groups is 1. The average molecular weight is 359 g/mol. The van der Waals surface area contributed by atoms with Gasteiger partial charge in [-0.25, -0.2) is 0 Å². The monoisotopic (exact) mass is 358 g/mol. The molecule has 1 aromatic carbocycles. The normalized spacial score (nSPS) is 10.0. The Kier molecular flexibility index (Phi) is 3.55. The van der Waals surface area contributed by atoms with Gasteiger partial charge in [0.2, 0.25) is 0 Å². The van der Waals surface area contributed by atoms with E-state index in [9.17, 15) is 4.79 Å². The third-order valence-corrected chi connectivity index (χ3v) is 3.26. The summed E-state index contributed by atoms with van der Waals surface area (Å²) in [5.41, 5.74) is 0.565. The number of rotatable bonds is 1. The van der Waals surface area contributed by atoms with Crippen LogP contribution in [0, 0.1) is 3.57 Å². The van der Waals surface area contributed by atoms with Crippen LogP contribution in [0.2, 0.25) is 5.02 Å². The number of benzene rings is 1. The zero-order chi connectivity index (χ0) is 9.30. The van der Waals surface area contributed by atoms with Crippen LogP contribution in [0.4, 0.5) is 0 Å². The number of carbonyl (C=O) groups excluding carboxylic acids is 1. The highest BCUT2D eigenvalue weighted by molar-refractivity contribution is 14.1. The molecule has 0 unspecified atom stereocenters. The molecule has 0 radical (unpaired) electrons. The highest BCUT2D eigenvalue weighted by atomic mass is 127. The lowest BCUT2D eigenvalue weighted by molar-refractivity contribution is 0.101. The molecule has 0 saturated heterocycles. The van der Waals surface area contributed by atoms with Crippen molar-refractivity contribution in [2.75, 3.05) is 0 Å². The van der Waals surface area contributed by atoms with E-state index in [1.54, 1.807) is 6.07 Å². The number of Topliss-reactive ketones (excluding diaryl/α,β-unsaturated/α-hetero) is 1. The molecule has 0 aromatic heterocycles. The van der Waals surface area contributed by atoms with Crippen molar-refractivity contribution in [3.05, 3.63) is 30.8 Å². The third-order valence-electron chi connectivity index (χ3n) is 1.37. The predicted octanol–water partition coefficient (Wildman–Crippen LogP) is 3.91. The van der Waals surface area contributed by atoms with Crippen LogP contribution in [-0.2, 0) is 0 Å². The first-order chi connectivity index (χ1) is 5.52. The molecule has 1 rings (SSSR count). The van der Waals surface area contributed by atoms with Gasteiger partial charge in [-0.3, -0.25) is 4.79 Å². The summed E-state index contributed by atoms with van der Waals surface area (Å²) in [5, 5.41) is 0.489. The van der Waals surface area contributed by atoms with Gasteiger partial charge in [-0.05, 0) is 57.6 Å². The van der Waals surface area contributed by atoms with E-state index in [4.69, 9.17) is 11.6 Å². The van der Waals surface area contributed by atoms with Gasteiger partial charge in [0.05, 0.1) is 5.02 Å². The highest BCUT2D eigenvalue weighted by Crippen LogP contribution is 2.28. The Bertz CT molecular complexity index is 338. The third kappa shape index (κ3) is 2.20. The number of halogens is 3. The molecule has 1 nitrogen and oxygen atoms in total. The smallest absolute Gasteiger partial charge is 0.161 e. The standard InChI is InChI=1S/C8H5BrClIO/c1-4(12)6-2-5(11)3-7(9)8(6)10/h2-3H,1H3. The second kappa shape index (κ2) is 4.07. The lowest BCUT2D eigenvalue weighted by atomic mass is 10.1. The molecule has 0 bridgehead atoms. The molecule has 64 valence electrons. The number of hydrogen-bond acceptors (Lipinski definition) is 1. The molecule has 0 aliphatic rings. The van der Waals surface area contributed by atoms with Crippen LogP contribution in [0.3, 0.4) is 0 Å². The molecule has 0 amide bonds. The summed E-state index contributed by atoms with van der Waals surface area (Å²) in [6, 6.07) is 3.64. The zero-order valence-electron chi connectivity index (χ0n) is 6.20. The molecule has 1 aromatic rings. The maximum Gasteiger partial charge on any atom is 0.161 e. The Morgan fingerprint density at radius 3 is 2.67 bits per heavy atom. The second-order valence-corrected chi connectivity index (χ2v) is 4.78. The average Bonchev–Trinajstić information content (AvgIpc) is 1.96. The fourth-order valence-corrected chi connectivity index (χ4v) is 2.57. The van der Waals surface area contributed by atoms with Crippen LogP contribution in [0.1, 0.15) is 17.3 Å². The molecular weight excluding hydrogens is 354 g/mol. The van der Waals surface area contributed by atoms with E-state index < -0.39 is 0 Å². The van der Waals surface area contributed by atoms with Gasteiger partial charge in [0.25, 0.3) is 0 Å². The minimum Gasteiger partial charge on any atom is -0.294 e. The van der Waals surface area contributed by atoms with Crippen molar-refractivity contribution >= 4 is 55.9 Å². The van der Waals surface area contributed by atoms with Crippen LogP contribution in [-0.4, -0.2) is 5.78 Å². The van der Waals surface area contributed by atoms with Crippen molar-refractivity contribution in [2.45, 2.75) is 6.92 Å². The SMILES string of the molecule is CC(=O)c1cc(I)cc(Br)c1Cl. The van der Waals surface area contributed by atoms with Crippen molar-refractivity contribution in [1.29, 1.82) is 0 Å². The van der Waals surface area contributed by atoms with Gasteiger partial charge < -0.3 is 0 Å². The van der Waals surface area contributed by atoms with Gasteiger partial charge in [-0.15, -0.1) is 0 Å². The lowest BCUT2D eigenvalue weighted by Crippen LogP contribution is -1.94. The molecular formula is C8H5BrClIO. The summed E-state index contributed by atoms with van der Waals surface area (Å²) in [7, 11) is 0. The Morgan fingerprint density at radius 2 is 2.17 bits per heavy atom. The van der Waals surface area contributed by atoms with E-state index in [-0.39, 0.29) is 5.78 Å². The topological polar surface area (TPSA) is 17.1 Å². The van der Waals surface area contributed by atoms with Crippen LogP contribution in [0.25, 0.3) is 0 Å². The fourth-order valence-electron chi connectivity index (χ4n) is 0.812. The van der Waals surface area contributed by atoms with Crippen LogP contribution in [0.15, 0.2) is 16.6 Å². The molecule has 0 saturated carbocycles. The van der Waals surface area contributed by atoms with Gasteiger partial charge in [0.15, 0.2) is 5.78 Å². The van der Waals surface area contributed by atoms with E-state index in [0.717, 1.165) is 8.04 Å². The Morgan fingerprint density at radius 1 is 1.58 bits per heavy atom. The molecule has 0 N–H and O–H groups in total. The number of ketones is 1. The Hall–Kier alpha value is 0.390.